The van der Waals surface area contributed by atoms with Crippen LogP contribution in [0.25, 0.3) is 5.78 Å². The Hall–Kier alpha value is -2.19. The fourth-order valence-electron chi connectivity index (χ4n) is 0.951. The van der Waals surface area contributed by atoms with E-state index < -0.39 is 23.5 Å². The van der Waals surface area contributed by atoms with Crippen LogP contribution in [0.3, 0.4) is 0 Å². The molecular weight excluding hydrogens is 229 g/mol. The number of carboxylic acids is 1. The number of hydrogen-bond donors (Lipinski definition) is 1. The molecule has 2 rings (SSSR count). The Kier molecular flexibility index (Phi) is 2.04. The lowest BCUT2D eigenvalue weighted by Gasteiger charge is -1.96. The number of nitrogens with zero attached hydrogens (tertiary/aromatic N) is 4. The molecule has 0 saturated carbocycles. The summed E-state index contributed by atoms with van der Waals surface area (Å²) in [7, 11) is 0. The summed E-state index contributed by atoms with van der Waals surface area (Å²) in [5, 5.41) is 11.6. The van der Waals surface area contributed by atoms with Crippen molar-refractivity contribution in [2.45, 2.75) is 6.18 Å². The molecule has 0 aliphatic carbocycles. The Morgan fingerprint density at radius 2 is 2.19 bits per heavy atom. The van der Waals surface area contributed by atoms with Crippen molar-refractivity contribution in [2.24, 2.45) is 0 Å². The van der Waals surface area contributed by atoms with Gasteiger partial charge < -0.3 is 5.11 Å². The Morgan fingerprint density at radius 1 is 1.50 bits per heavy atom. The molecule has 0 bridgehead atoms. The molecule has 0 aliphatic rings. The highest BCUT2D eigenvalue weighted by Gasteiger charge is 2.36. The number of rotatable bonds is 1. The lowest BCUT2D eigenvalue weighted by atomic mass is 10.4. The second-order valence-electron chi connectivity index (χ2n) is 2.73. The first kappa shape index (κ1) is 10.3. The van der Waals surface area contributed by atoms with Crippen molar-refractivity contribution < 1.29 is 23.1 Å². The third-order valence-electron chi connectivity index (χ3n) is 1.61. The van der Waals surface area contributed by atoms with Crippen molar-refractivity contribution in [3.63, 3.8) is 0 Å². The standard InChI is InChI=1S/C7H2F3N4O2/c8-7(9,10)5-12-6-11-1-3(4(15)16)2-14(6)13-5/h1H,(H,15,16). The summed E-state index contributed by atoms with van der Waals surface area (Å²) in [6.07, 6.45) is -1.75. The third-order valence-corrected chi connectivity index (χ3v) is 1.61. The van der Waals surface area contributed by atoms with Crippen LogP contribution in [0.2, 0.25) is 0 Å². The van der Waals surface area contributed by atoms with Crippen molar-refractivity contribution in [1.82, 2.24) is 19.6 Å². The first-order valence-corrected chi connectivity index (χ1v) is 3.83. The fourth-order valence-corrected chi connectivity index (χ4v) is 0.951. The highest BCUT2D eigenvalue weighted by molar-refractivity contribution is 5.86. The number of aromatic carboxylic acids is 1. The molecule has 2 heterocycles. The molecular formula is C7H2F3N4O2. The Balaban J connectivity index is 2.59. The van der Waals surface area contributed by atoms with Gasteiger partial charge in [0, 0.05) is 6.20 Å². The number of alkyl halides is 3. The zero-order valence-electron chi connectivity index (χ0n) is 7.36. The van der Waals surface area contributed by atoms with Crippen LogP contribution in [-0.2, 0) is 6.18 Å². The van der Waals surface area contributed by atoms with Gasteiger partial charge in [0.05, 0.1) is 0 Å². The van der Waals surface area contributed by atoms with E-state index in [1.807, 2.05) is 0 Å². The van der Waals surface area contributed by atoms with Gasteiger partial charge in [0.25, 0.3) is 11.6 Å². The molecule has 0 fully saturated rings. The average Bonchev–Trinajstić information content (AvgIpc) is 2.58. The number of carboxylic acid groups (broad SMARTS) is 1. The molecule has 6 nitrogen and oxygen atoms in total. The first-order valence-electron chi connectivity index (χ1n) is 3.83. The highest BCUT2D eigenvalue weighted by atomic mass is 19.4. The molecule has 0 atom stereocenters. The van der Waals surface area contributed by atoms with E-state index in [2.05, 4.69) is 21.3 Å². The van der Waals surface area contributed by atoms with Gasteiger partial charge in [0.15, 0.2) is 0 Å². The summed E-state index contributed by atoms with van der Waals surface area (Å²) in [6.45, 7) is 0. The van der Waals surface area contributed by atoms with E-state index in [1.165, 1.54) is 0 Å². The summed E-state index contributed by atoms with van der Waals surface area (Å²) in [5.74, 6) is -3.12. The van der Waals surface area contributed by atoms with Crippen molar-refractivity contribution >= 4 is 11.7 Å². The van der Waals surface area contributed by atoms with Gasteiger partial charge in [-0.3, -0.25) is 0 Å². The van der Waals surface area contributed by atoms with Crippen LogP contribution in [0, 0.1) is 6.20 Å². The van der Waals surface area contributed by atoms with E-state index in [-0.39, 0.29) is 5.78 Å². The van der Waals surface area contributed by atoms with Gasteiger partial charge in [-0.05, 0) is 0 Å². The van der Waals surface area contributed by atoms with Crippen molar-refractivity contribution in [2.75, 3.05) is 0 Å². The van der Waals surface area contributed by atoms with Crippen LogP contribution in [0.4, 0.5) is 13.2 Å². The Bertz CT molecular complexity index is 562. The largest absolute Gasteiger partial charge is 0.478 e. The van der Waals surface area contributed by atoms with Gasteiger partial charge in [-0.15, -0.1) is 5.10 Å². The van der Waals surface area contributed by atoms with Crippen LogP contribution in [0.5, 0.6) is 0 Å². The van der Waals surface area contributed by atoms with Gasteiger partial charge in [-0.1, -0.05) is 0 Å². The number of aromatic nitrogens is 4. The molecule has 0 amide bonds. The molecule has 16 heavy (non-hydrogen) atoms. The monoisotopic (exact) mass is 231 g/mol. The topological polar surface area (TPSA) is 80.4 Å². The Morgan fingerprint density at radius 3 is 2.75 bits per heavy atom. The molecule has 1 radical (unpaired) electrons. The van der Waals surface area contributed by atoms with Gasteiger partial charge in [-0.25, -0.2) is 9.78 Å². The second kappa shape index (κ2) is 3.15. The number of hydrogen-bond acceptors (Lipinski definition) is 4. The zero-order chi connectivity index (χ0) is 11.9. The lowest BCUT2D eigenvalue weighted by Crippen LogP contribution is -2.07. The summed E-state index contributed by atoms with van der Waals surface area (Å²) in [4.78, 5) is 17.0. The molecule has 0 unspecified atom stereocenters. The third kappa shape index (κ3) is 1.66. The zero-order valence-corrected chi connectivity index (χ0v) is 7.36. The molecule has 9 heteroatoms. The predicted octanol–water partition coefficient (Wildman–Crippen LogP) is 0.641. The van der Waals surface area contributed by atoms with Crippen LogP contribution >= 0.6 is 0 Å². The Labute approximate surface area is 85.4 Å². The number of halogens is 3. The highest BCUT2D eigenvalue weighted by Crippen LogP contribution is 2.25. The minimum atomic E-state index is -4.70. The molecule has 0 saturated heterocycles. The molecule has 0 aliphatic heterocycles. The minimum Gasteiger partial charge on any atom is -0.478 e. The van der Waals surface area contributed by atoms with Crippen LogP contribution in [0.15, 0.2) is 6.20 Å². The van der Waals surface area contributed by atoms with Crippen molar-refractivity contribution in [3.8, 4) is 0 Å². The van der Waals surface area contributed by atoms with E-state index in [9.17, 15) is 18.0 Å². The fraction of sp³-hybridized carbons (Fsp3) is 0.143. The second-order valence-corrected chi connectivity index (χ2v) is 2.73. The number of carbonyl (C=O) groups is 1. The van der Waals surface area contributed by atoms with E-state index in [0.717, 1.165) is 6.20 Å². The van der Waals surface area contributed by atoms with Gasteiger partial charge >= 0.3 is 12.1 Å². The summed E-state index contributed by atoms with van der Waals surface area (Å²) in [5.41, 5.74) is -0.397. The molecule has 83 valence electrons. The van der Waals surface area contributed by atoms with E-state index in [1.54, 1.807) is 0 Å². The normalized spacial score (nSPS) is 11.9. The predicted molar refractivity (Wildman–Crippen MR) is 41.6 cm³/mol. The average molecular weight is 231 g/mol. The SMILES string of the molecule is O=C(O)c1[c]n2nc(C(F)(F)F)nc2nc1. The maximum absolute atomic E-state index is 12.2. The smallest absolute Gasteiger partial charge is 0.453 e. The molecule has 2 aromatic heterocycles. The molecule has 0 spiro atoms. The van der Waals surface area contributed by atoms with E-state index in [4.69, 9.17) is 5.11 Å². The first-order chi connectivity index (χ1) is 7.38. The van der Waals surface area contributed by atoms with Gasteiger partial charge in [0.1, 0.15) is 11.8 Å². The summed E-state index contributed by atoms with van der Waals surface area (Å²) < 4.78 is 37.1. The van der Waals surface area contributed by atoms with Crippen molar-refractivity contribution in [3.05, 3.63) is 23.8 Å². The summed E-state index contributed by atoms with van der Waals surface area (Å²) in [6, 6.07) is 0. The van der Waals surface area contributed by atoms with E-state index >= 15 is 0 Å². The molecule has 0 aromatic carbocycles. The lowest BCUT2D eigenvalue weighted by molar-refractivity contribution is -0.144. The maximum atomic E-state index is 12.2. The summed E-state index contributed by atoms with van der Waals surface area (Å²) >= 11 is 0. The number of fused-ring (bicyclic) bond motifs is 1. The van der Waals surface area contributed by atoms with E-state index in [0.29, 0.717) is 4.52 Å². The maximum Gasteiger partial charge on any atom is 0.453 e. The quantitative estimate of drug-likeness (QED) is 0.778. The van der Waals surface area contributed by atoms with Crippen molar-refractivity contribution in [1.29, 1.82) is 0 Å². The van der Waals surface area contributed by atoms with Gasteiger partial charge in [-0.2, -0.15) is 22.7 Å². The van der Waals surface area contributed by atoms with Crippen LogP contribution < -0.4 is 0 Å². The minimum absolute atomic E-state index is 0.364. The van der Waals surface area contributed by atoms with Gasteiger partial charge in [0.2, 0.25) is 0 Å². The van der Waals surface area contributed by atoms with Crippen LogP contribution in [0.1, 0.15) is 16.2 Å². The molecule has 2 aromatic rings. The molecule has 1 N–H and O–H groups in total. The van der Waals surface area contributed by atoms with Crippen LogP contribution in [-0.4, -0.2) is 30.7 Å².